The Kier molecular flexibility index (Phi) is 6.20. The Morgan fingerprint density at radius 3 is 2.76 bits per heavy atom. The summed E-state index contributed by atoms with van der Waals surface area (Å²) in [6.45, 7) is 2.69. The highest BCUT2D eigenvalue weighted by molar-refractivity contribution is 7.99. The Bertz CT molecular complexity index is 981. The van der Waals surface area contributed by atoms with Crippen LogP contribution >= 0.6 is 11.8 Å². The Labute approximate surface area is 176 Å². The summed E-state index contributed by atoms with van der Waals surface area (Å²) in [5.41, 5.74) is 3.51. The molecule has 5 nitrogen and oxygen atoms in total. The average molecular weight is 408 g/mol. The van der Waals surface area contributed by atoms with E-state index in [2.05, 4.69) is 80.9 Å². The molecule has 0 amide bonds. The van der Waals surface area contributed by atoms with Crippen LogP contribution in [0.5, 0.6) is 5.75 Å². The van der Waals surface area contributed by atoms with Gasteiger partial charge in [0.25, 0.3) is 0 Å². The molecule has 29 heavy (non-hydrogen) atoms. The van der Waals surface area contributed by atoms with Gasteiger partial charge >= 0.3 is 0 Å². The molecule has 1 aliphatic rings. The van der Waals surface area contributed by atoms with Gasteiger partial charge in [-0.1, -0.05) is 30.0 Å². The third-order valence-electron chi connectivity index (χ3n) is 5.03. The van der Waals surface area contributed by atoms with E-state index >= 15 is 0 Å². The van der Waals surface area contributed by atoms with Crippen LogP contribution in [0.25, 0.3) is 12.2 Å². The number of likely N-dealkylation sites (N-methyl/N-ethyl adjacent to an activating group) is 1. The van der Waals surface area contributed by atoms with Gasteiger partial charge in [-0.2, -0.15) is 0 Å². The normalized spacial score (nSPS) is 13.5. The number of pyridine rings is 1. The molecule has 0 atom stereocenters. The summed E-state index contributed by atoms with van der Waals surface area (Å²) in [6, 6.07) is 10.7. The molecule has 0 fully saturated rings. The van der Waals surface area contributed by atoms with Crippen molar-refractivity contribution in [3.8, 4) is 5.75 Å². The number of rotatable bonds is 7. The summed E-state index contributed by atoms with van der Waals surface area (Å²) >= 11 is 1.81. The Hall–Kier alpha value is -2.73. The molecule has 0 bridgehead atoms. The molecule has 1 aromatic carbocycles. The number of aryl methyl sites for hydroxylation is 2. The van der Waals surface area contributed by atoms with Gasteiger partial charge in [-0.15, -0.1) is 0 Å². The maximum Gasteiger partial charge on any atom is 0.169 e. The van der Waals surface area contributed by atoms with Gasteiger partial charge in [0.2, 0.25) is 0 Å². The molecule has 0 unspecified atom stereocenters. The number of benzene rings is 1. The zero-order valence-electron chi connectivity index (χ0n) is 17.0. The molecule has 2 aromatic heterocycles. The van der Waals surface area contributed by atoms with Gasteiger partial charge in [0.1, 0.15) is 18.9 Å². The van der Waals surface area contributed by atoms with E-state index in [1.807, 2.05) is 19.4 Å². The molecule has 6 heteroatoms. The summed E-state index contributed by atoms with van der Waals surface area (Å²) in [7, 11) is 4.14. The highest BCUT2D eigenvalue weighted by Crippen LogP contribution is 2.31. The molecule has 0 N–H and O–H groups in total. The molecule has 3 aromatic rings. The van der Waals surface area contributed by atoms with Gasteiger partial charge in [-0.05, 0) is 23.3 Å². The summed E-state index contributed by atoms with van der Waals surface area (Å²) in [5, 5.41) is 1.08. The van der Waals surface area contributed by atoms with Gasteiger partial charge in [-0.25, -0.2) is 9.55 Å². The highest BCUT2D eigenvalue weighted by Gasteiger charge is 2.14. The smallest absolute Gasteiger partial charge is 0.169 e. The maximum atomic E-state index is 5.79. The highest BCUT2D eigenvalue weighted by atomic mass is 32.2. The zero-order valence-corrected chi connectivity index (χ0v) is 17.8. The molecule has 1 aliphatic heterocycles. The minimum Gasteiger partial charge on any atom is -0.490 e. The average Bonchev–Trinajstić information content (AvgIpc) is 3.15. The number of ether oxygens (including phenoxy) is 1. The van der Waals surface area contributed by atoms with Crippen molar-refractivity contribution in [2.24, 2.45) is 7.05 Å². The van der Waals surface area contributed by atoms with Crippen molar-refractivity contribution in [1.82, 2.24) is 9.55 Å². The fourth-order valence-electron chi connectivity index (χ4n) is 3.30. The second kappa shape index (κ2) is 9.18. The van der Waals surface area contributed by atoms with Gasteiger partial charge in [0, 0.05) is 50.8 Å². The van der Waals surface area contributed by atoms with E-state index in [-0.39, 0.29) is 0 Å². The SMILES string of the molecule is CN1CCOc2cc(/C=C/c3cc[n+](CCCSc4nccn4C)cc3)ccc21. The third-order valence-corrected chi connectivity index (χ3v) is 6.18. The first kappa shape index (κ1) is 19.6. The summed E-state index contributed by atoms with van der Waals surface area (Å²) in [5.74, 6) is 2.03. The number of hydrogen-bond donors (Lipinski definition) is 0. The van der Waals surface area contributed by atoms with Crippen molar-refractivity contribution in [2.75, 3.05) is 30.9 Å². The van der Waals surface area contributed by atoms with Gasteiger partial charge in [-0.3, -0.25) is 0 Å². The monoisotopic (exact) mass is 407 g/mol. The lowest BCUT2D eigenvalue weighted by Gasteiger charge is -2.27. The van der Waals surface area contributed by atoms with E-state index in [9.17, 15) is 0 Å². The second-order valence-corrected chi connectivity index (χ2v) is 8.28. The number of anilines is 1. The third kappa shape index (κ3) is 5.01. The first-order valence-corrected chi connectivity index (χ1v) is 10.9. The van der Waals surface area contributed by atoms with Crippen LogP contribution in [0.4, 0.5) is 5.69 Å². The van der Waals surface area contributed by atoms with Crippen LogP contribution in [-0.2, 0) is 13.6 Å². The number of nitrogens with zero attached hydrogens (tertiary/aromatic N) is 4. The molecule has 4 rings (SSSR count). The van der Waals surface area contributed by atoms with Crippen molar-refractivity contribution in [2.45, 2.75) is 18.1 Å². The van der Waals surface area contributed by atoms with Crippen LogP contribution in [0.1, 0.15) is 17.5 Å². The van der Waals surface area contributed by atoms with Crippen molar-refractivity contribution < 1.29 is 9.30 Å². The predicted octanol–water partition coefficient (Wildman–Crippen LogP) is 3.89. The molecule has 0 saturated carbocycles. The predicted molar refractivity (Wildman–Crippen MR) is 119 cm³/mol. The molecule has 0 spiro atoms. The summed E-state index contributed by atoms with van der Waals surface area (Å²) in [4.78, 5) is 6.58. The van der Waals surface area contributed by atoms with Crippen LogP contribution in [-0.4, -0.2) is 35.5 Å². The van der Waals surface area contributed by atoms with E-state index in [4.69, 9.17) is 4.74 Å². The summed E-state index contributed by atoms with van der Waals surface area (Å²) in [6.07, 6.45) is 13.5. The van der Waals surface area contributed by atoms with Crippen molar-refractivity contribution in [1.29, 1.82) is 0 Å². The lowest BCUT2D eigenvalue weighted by Crippen LogP contribution is -2.32. The fourth-order valence-corrected chi connectivity index (χ4v) is 4.16. The standard InChI is InChI=1S/C23H27N4OS/c1-25-15-16-28-22-18-20(6-7-21(22)25)5-4-19-8-12-27(13-9-19)11-3-17-29-23-24-10-14-26(23)2/h4-10,12-14,18H,3,11,15-17H2,1-2H3/q+1. The number of thioether (sulfide) groups is 1. The van der Waals surface area contributed by atoms with E-state index in [1.54, 1.807) is 11.8 Å². The molecule has 150 valence electrons. The van der Waals surface area contributed by atoms with Crippen LogP contribution in [0.2, 0.25) is 0 Å². The Balaban J connectivity index is 1.29. The maximum absolute atomic E-state index is 5.79. The minimum absolute atomic E-state index is 0.746. The fraction of sp³-hybridized carbons (Fsp3) is 0.304. The molecule has 0 radical (unpaired) electrons. The van der Waals surface area contributed by atoms with Crippen molar-refractivity contribution in [3.63, 3.8) is 0 Å². The lowest BCUT2D eigenvalue weighted by molar-refractivity contribution is -0.696. The van der Waals surface area contributed by atoms with Gasteiger partial charge < -0.3 is 14.2 Å². The second-order valence-electron chi connectivity index (χ2n) is 7.22. The first-order chi connectivity index (χ1) is 14.2. The number of fused-ring (bicyclic) bond motifs is 1. The molecule has 0 saturated heterocycles. The van der Waals surface area contributed by atoms with Crippen LogP contribution in [0, 0.1) is 0 Å². The van der Waals surface area contributed by atoms with E-state index in [1.165, 1.54) is 5.56 Å². The topological polar surface area (TPSA) is 34.2 Å². The van der Waals surface area contributed by atoms with Crippen molar-refractivity contribution >= 4 is 29.6 Å². The zero-order chi connectivity index (χ0) is 20.1. The number of imidazole rings is 1. The minimum atomic E-state index is 0.746. The van der Waals surface area contributed by atoms with Crippen LogP contribution in [0.3, 0.4) is 0 Å². The van der Waals surface area contributed by atoms with Gasteiger partial charge in [0.05, 0.1) is 12.2 Å². The van der Waals surface area contributed by atoms with Gasteiger partial charge in [0.15, 0.2) is 17.6 Å². The first-order valence-electron chi connectivity index (χ1n) is 9.94. The lowest BCUT2D eigenvalue weighted by atomic mass is 10.1. The number of hydrogen-bond acceptors (Lipinski definition) is 4. The van der Waals surface area contributed by atoms with Crippen molar-refractivity contribution in [3.05, 3.63) is 66.2 Å². The quantitative estimate of drug-likeness (QED) is 0.338. The molecule has 3 heterocycles. The van der Waals surface area contributed by atoms with E-state index in [0.717, 1.165) is 54.0 Å². The van der Waals surface area contributed by atoms with Crippen LogP contribution < -0.4 is 14.2 Å². The van der Waals surface area contributed by atoms with Crippen LogP contribution in [0.15, 0.2) is 60.3 Å². The van der Waals surface area contributed by atoms with E-state index in [0.29, 0.717) is 0 Å². The largest absolute Gasteiger partial charge is 0.490 e. The Morgan fingerprint density at radius 1 is 1.14 bits per heavy atom. The Morgan fingerprint density at radius 2 is 1.97 bits per heavy atom. The summed E-state index contributed by atoms with van der Waals surface area (Å²) < 4.78 is 10.1. The molecular formula is C23H27N4OS+. The molecular weight excluding hydrogens is 380 g/mol. The van der Waals surface area contributed by atoms with E-state index < -0.39 is 0 Å². The molecule has 0 aliphatic carbocycles. The number of aromatic nitrogens is 3.